The number of fused-ring (bicyclic) bond motifs is 3. The molecule has 0 saturated heterocycles. The number of aromatic nitrogens is 2. The second kappa shape index (κ2) is 7.00. The molecule has 150 valence electrons. The van der Waals surface area contributed by atoms with Crippen LogP contribution in [0.3, 0.4) is 0 Å². The van der Waals surface area contributed by atoms with Crippen LogP contribution in [0.2, 0.25) is 0 Å². The maximum absolute atomic E-state index is 14.0. The molecule has 1 aromatic carbocycles. The number of benzene rings is 1. The predicted molar refractivity (Wildman–Crippen MR) is 100.0 cm³/mol. The number of aromatic amines is 1. The Morgan fingerprint density at radius 1 is 1.14 bits per heavy atom. The topological polar surface area (TPSA) is 78.1 Å². The minimum absolute atomic E-state index is 0.00144. The van der Waals surface area contributed by atoms with Crippen LogP contribution in [0.15, 0.2) is 29.2 Å². The van der Waals surface area contributed by atoms with E-state index in [1.807, 2.05) is 0 Å². The Labute approximate surface area is 163 Å². The van der Waals surface area contributed by atoms with Gasteiger partial charge in [-0.1, -0.05) is 0 Å². The maximum Gasteiger partial charge on any atom is 0.256 e. The third kappa shape index (κ3) is 3.17. The first-order chi connectivity index (χ1) is 13.8. The average Bonchev–Trinajstić information content (AvgIpc) is 2.70. The SMILES string of the molecule is Cc1ncc(C(=O)N(C)C2CNCc3[nH]c(=O)c4cc(F)c(F)cc4c32)cc1F. The number of hydrogen-bond acceptors (Lipinski definition) is 4. The highest BCUT2D eigenvalue weighted by molar-refractivity contribution is 5.95. The van der Waals surface area contributed by atoms with E-state index in [4.69, 9.17) is 0 Å². The van der Waals surface area contributed by atoms with Crippen molar-refractivity contribution in [2.24, 2.45) is 0 Å². The van der Waals surface area contributed by atoms with Crippen LogP contribution in [0, 0.1) is 24.4 Å². The monoisotopic (exact) mass is 402 g/mol. The van der Waals surface area contributed by atoms with E-state index < -0.39 is 35.0 Å². The molecule has 0 radical (unpaired) electrons. The Bertz CT molecular complexity index is 1210. The van der Waals surface area contributed by atoms with Gasteiger partial charge in [-0.3, -0.25) is 14.6 Å². The Balaban J connectivity index is 1.84. The van der Waals surface area contributed by atoms with E-state index in [-0.39, 0.29) is 22.0 Å². The third-order valence-electron chi connectivity index (χ3n) is 5.22. The highest BCUT2D eigenvalue weighted by Gasteiger charge is 2.31. The molecule has 9 heteroatoms. The number of halogens is 3. The molecule has 4 rings (SSSR count). The molecule has 0 fully saturated rings. The average molecular weight is 402 g/mol. The van der Waals surface area contributed by atoms with Crippen molar-refractivity contribution in [1.29, 1.82) is 0 Å². The molecule has 2 aromatic heterocycles. The molecule has 0 saturated carbocycles. The molecular weight excluding hydrogens is 385 g/mol. The minimum Gasteiger partial charge on any atom is -0.333 e. The van der Waals surface area contributed by atoms with Crippen molar-refractivity contribution in [2.45, 2.75) is 19.5 Å². The smallest absolute Gasteiger partial charge is 0.256 e. The first kappa shape index (κ1) is 19.1. The summed E-state index contributed by atoms with van der Waals surface area (Å²) >= 11 is 0. The summed E-state index contributed by atoms with van der Waals surface area (Å²) in [5.41, 5.74) is 0.703. The molecule has 1 unspecified atom stereocenters. The van der Waals surface area contributed by atoms with Crippen molar-refractivity contribution in [1.82, 2.24) is 20.2 Å². The zero-order valence-electron chi connectivity index (χ0n) is 15.6. The molecule has 1 aliphatic heterocycles. The Kier molecular flexibility index (Phi) is 4.62. The Morgan fingerprint density at radius 2 is 1.83 bits per heavy atom. The van der Waals surface area contributed by atoms with Gasteiger partial charge in [0, 0.05) is 37.6 Å². The van der Waals surface area contributed by atoms with Gasteiger partial charge in [0.1, 0.15) is 5.82 Å². The van der Waals surface area contributed by atoms with Crippen molar-refractivity contribution in [3.8, 4) is 0 Å². The lowest BCUT2D eigenvalue weighted by Crippen LogP contribution is -2.42. The number of carbonyl (C=O) groups is 1. The van der Waals surface area contributed by atoms with Gasteiger partial charge in [0.2, 0.25) is 0 Å². The van der Waals surface area contributed by atoms with E-state index in [9.17, 15) is 22.8 Å². The molecule has 6 nitrogen and oxygen atoms in total. The molecule has 2 N–H and O–H groups in total. The van der Waals surface area contributed by atoms with Gasteiger partial charge >= 0.3 is 0 Å². The molecule has 1 atom stereocenters. The van der Waals surface area contributed by atoms with E-state index in [2.05, 4.69) is 15.3 Å². The first-order valence-corrected chi connectivity index (χ1v) is 8.91. The number of nitrogens with zero attached hydrogens (tertiary/aromatic N) is 2. The number of aryl methyl sites for hydroxylation is 1. The summed E-state index contributed by atoms with van der Waals surface area (Å²) in [5, 5.41) is 3.33. The van der Waals surface area contributed by atoms with Crippen molar-refractivity contribution < 1.29 is 18.0 Å². The summed E-state index contributed by atoms with van der Waals surface area (Å²) < 4.78 is 41.5. The Hall–Kier alpha value is -3.20. The lowest BCUT2D eigenvalue weighted by atomic mass is 9.93. The normalized spacial score (nSPS) is 16.0. The van der Waals surface area contributed by atoms with Crippen molar-refractivity contribution >= 4 is 16.7 Å². The number of carbonyl (C=O) groups excluding carboxylic acids is 1. The van der Waals surface area contributed by atoms with E-state index in [0.717, 1.165) is 18.2 Å². The second-order valence-electron chi connectivity index (χ2n) is 7.01. The molecular formula is C20H17F3N4O2. The molecule has 1 amide bonds. The zero-order chi connectivity index (χ0) is 20.9. The highest BCUT2D eigenvalue weighted by atomic mass is 19.2. The number of H-pyrrole nitrogens is 1. The van der Waals surface area contributed by atoms with Gasteiger partial charge in [0.25, 0.3) is 11.5 Å². The van der Waals surface area contributed by atoms with Gasteiger partial charge in [-0.15, -0.1) is 0 Å². The quantitative estimate of drug-likeness (QED) is 0.691. The molecule has 0 bridgehead atoms. The standard InChI is InChI=1S/C20H17F3N4O2/c1-9-13(21)3-10(6-25-9)20(29)27(2)17-8-24-7-16-18(17)11-4-14(22)15(23)5-12(11)19(28)26-16/h3-6,17,24H,7-8H2,1-2H3,(H,26,28). The van der Waals surface area contributed by atoms with E-state index >= 15 is 0 Å². The molecule has 3 heterocycles. The highest BCUT2D eigenvalue weighted by Crippen LogP contribution is 2.32. The van der Waals surface area contributed by atoms with Gasteiger partial charge in [-0.2, -0.15) is 0 Å². The van der Waals surface area contributed by atoms with Crippen LogP contribution in [-0.4, -0.2) is 34.4 Å². The van der Waals surface area contributed by atoms with Crippen LogP contribution in [0.4, 0.5) is 13.2 Å². The fourth-order valence-electron chi connectivity index (χ4n) is 3.65. The van der Waals surface area contributed by atoms with Gasteiger partial charge in [0.05, 0.1) is 22.7 Å². The van der Waals surface area contributed by atoms with E-state index in [1.165, 1.54) is 25.1 Å². The van der Waals surface area contributed by atoms with Crippen LogP contribution < -0.4 is 10.9 Å². The number of amides is 1. The van der Waals surface area contributed by atoms with E-state index in [0.29, 0.717) is 24.3 Å². The van der Waals surface area contributed by atoms with Crippen molar-refractivity contribution in [2.75, 3.05) is 13.6 Å². The fourth-order valence-corrected chi connectivity index (χ4v) is 3.65. The number of likely N-dealkylation sites (N-methyl/N-ethyl adjacent to an activating group) is 1. The minimum atomic E-state index is -1.13. The predicted octanol–water partition coefficient (Wildman–Crippen LogP) is 2.57. The van der Waals surface area contributed by atoms with Gasteiger partial charge in [0.15, 0.2) is 11.6 Å². The number of pyridine rings is 2. The number of rotatable bonds is 2. The van der Waals surface area contributed by atoms with Crippen molar-refractivity contribution in [3.05, 3.63) is 74.7 Å². The summed E-state index contributed by atoms with van der Waals surface area (Å²) in [4.78, 5) is 33.2. The van der Waals surface area contributed by atoms with Crippen LogP contribution >= 0.6 is 0 Å². The van der Waals surface area contributed by atoms with Gasteiger partial charge in [-0.25, -0.2) is 13.2 Å². The largest absolute Gasteiger partial charge is 0.333 e. The van der Waals surface area contributed by atoms with Gasteiger partial charge < -0.3 is 15.2 Å². The van der Waals surface area contributed by atoms with Crippen LogP contribution in [0.25, 0.3) is 10.8 Å². The lowest BCUT2D eigenvalue weighted by molar-refractivity contribution is 0.0722. The first-order valence-electron chi connectivity index (χ1n) is 8.91. The lowest BCUT2D eigenvalue weighted by Gasteiger charge is -2.34. The van der Waals surface area contributed by atoms with E-state index in [1.54, 1.807) is 0 Å². The summed E-state index contributed by atoms with van der Waals surface area (Å²) in [6, 6.07) is 2.34. The molecule has 0 spiro atoms. The summed E-state index contributed by atoms with van der Waals surface area (Å²) in [5.74, 6) is -3.29. The van der Waals surface area contributed by atoms with Crippen LogP contribution in [-0.2, 0) is 6.54 Å². The molecule has 3 aromatic rings. The van der Waals surface area contributed by atoms with Crippen LogP contribution in [0.5, 0.6) is 0 Å². The summed E-state index contributed by atoms with van der Waals surface area (Å²) in [6.45, 7) is 2.11. The zero-order valence-corrected chi connectivity index (χ0v) is 15.6. The molecule has 1 aliphatic rings. The fraction of sp³-hybridized carbons (Fsp3) is 0.250. The number of hydrogen-bond donors (Lipinski definition) is 2. The van der Waals surface area contributed by atoms with Crippen molar-refractivity contribution in [3.63, 3.8) is 0 Å². The summed E-state index contributed by atoms with van der Waals surface area (Å²) in [6.07, 6.45) is 1.29. The maximum atomic E-state index is 14.0. The Morgan fingerprint density at radius 3 is 2.52 bits per heavy atom. The summed E-state index contributed by atoms with van der Waals surface area (Å²) in [7, 11) is 1.53. The number of nitrogens with one attached hydrogen (secondary N) is 2. The molecule has 29 heavy (non-hydrogen) atoms. The third-order valence-corrected chi connectivity index (χ3v) is 5.22. The molecule has 0 aliphatic carbocycles. The van der Waals surface area contributed by atoms with Gasteiger partial charge in [-0.05, 0) is 30.5 Å². The second-order valence-corrected chi connectivity index (χ2v) is 7.01. The van der Waals surface area contributed by atoms with Crippen LogP contribution in [0.1, 0.15) is 33.4 Å².